The van der Waals surface area contributed by atoms with Gasteiger partial charge in [-0.25, -0.2) is 0 Å². The first-order chi connectivity index (χ1) is 10.3. The minimum absolute atomic E-state index is 0.0217. The van der Waals surface area contributed by atoms with E-state index in [1.54, 1.807) is 0 Å². The molecule has 1 aromatic heterocycles. The number of hydrogen-bond acceptors (Lipinski definition) is 5. The standard InChI is InChI=1S/C16H18N2O3/c1-20-16(19)13-7-8-18(10-13)11-14-9-15(17-21-14)12-5-3-2-4-6-12/h2-6,9,13H,7-8,10-11H2,1H3. The van der Waals surface area contributed by atoms with Crippen molar-refractivity contribution < 1.29 is 14.1 Å². The fourth-order valence-corrected chi connectivity index (χ4v) is 2.69. The second-order valence-electron chi connectivity index (χ2n) is 5.29. The van der Waals surface area contributed by atoms with E-state index in [1.165, 1.54) is 7.11 Å². The number of methoxy groups -OCH3 is 1. The highest BCUT2D eigenvalue weighted by Crippen LogP contribution is 2.23. The largest absolute Gasteiger partial charge is 0.469 e. The molecule has 2 aromatic rings. The van der Waals surface area contributed by atoms with Crippen LogP contribution in [0.15, 0.2) is 40.9 Å². The summed E-state index contributed by atoms with van der Waals surface area (Å²) in [5.74, 6) is 0.672. The molecule has 5 heteroatoms. The average molecular weight is 286 g/mol. The summed E-state index contributed by atoms with van der Waals surface area (Å²) < 4.78 is 10.2. The number of nitrogens with zero attached hydrogens (tertiary/aromatic N) is 2. The lowest BCUT2D eigenvalue weighted by molar-refractivity contribution is -0.144. The van der Waals surface area contributed by atoms with E-state index in [1.807, 2.05) is 36.4 Å². The number of esters is 1. The summed E-state index contributed by atoms with van der Waals surface area (Å²) in [7, 11) is 1.44. The van der Waals surface area contributed by atoms with E-state index in [2.05, 4.69) is 10.1 Å². The summed E-state index contributed by atoms with van der Waals surface area (Å²) in [6.07, 6.45) is 0.840. The first kappa shape index (κ1) is 13.8. The van der Waals surface area contributed by atoms with Crippen LogP contribution < -0.4 is 0 Å². The number of likely N-dealkylation sites (tertiary alicyclic amines) is 1. The van der Waals surface area contributed by atoms with Crippen molar-refractivity contribution in [2.24, 2.45) is 5.92 Å². The molecule has 1 atom stereocenters. The van der Waals surface area contributed by atoms with E-state index in [9.17, 15) is 4.79 Å². The zero-order valence-corrected chi connectivity index (χ0v) is 12.0. The Kier molecular flexibility index (Phi) is 4.01. The van der Waals surface area contributed by atoms with Crippen molar-refractivity contribution in [2.45, 2.75) is 13.0 Å². The molecule has 0 N–H and O–H groups in total. The van der Waals surface area contributed by atoms with Crippen molar-refractivity contribution in [2.75, 3.05) is 20.2 Å². The van der Waals surface area contributed by atoms with Crippen LogP contribution in [0.1, 0.15) is 12.2 Å². The van der Waals surface area contributed by atoms with Crippen molar-refractivity contribution >= 4 is 5.97 Å². The van der Waals surface area contributed by atoms with Gasteiger partial charge in [0.2, 0.25) is 0 Å². The van der Waals surface area contributed by atoms with Gasteiger partial charge in [0.1, 0.15) is 5.69 Å². The van der Waals surface area contributed by atoms with E-state index in [0.717, 1.165) is 30.0 Å². The van der Waals surface area contributed by atoms with Crippen molar-refractivity contribution in [3.63, 3.8) is 0 Å². The maximum Gasteiger partial charge on any atom is 0.310 e. The summed E-state index contributed by atoms with van der Waals surface area (Å²) in [6.45, 7) is 2.27. The van der Waals surface area contributed by atoms with Crippen LogP contribution in [-0.2, 0) is 16.1 Å². The zero-order valence-electron chi connectivity index (χ0n) is 12.0. The molecule has 5 nitrogen and oxygen atoms in total. The van der Waals surface area contributed by atoms with Crippen molar-refractivity contribution in [3.8, 4) is 11.3 Å². The van der Waals surface area contributed by atoms with Crippen LogP contribution in [0.3, 0.4) is 0 Å². The van der Waals surface area contributed by atoms with Gasteiger partial charge in [-0.2, -0.15) is 0 Å². The van der Waals surface area contributed by atoms with E-state index in [0.29, 0.717) is 13.1 Å². The molecule has 0 aliphatic carbocycles. The van der Waals surface area contributed by atoms with Gasteiger partial charge in [0.05, 0.1) is 19.6 Å². The van der Waals surface area contributed by atoms with Gasteiger partial charge in [-0.15, -0.1) is 0 Å². The monoisotopic (exact) mass is 286 g/mol. The van der Waals surface area contributed by atoms with Crippen LogP contribution in [0, 0.1) is 5.92 Å². The van der Waals surface area contributed by atoms with E-state index < -0.39 is 0 Å². The highest BCUT2D eigenvalue weighted by atomic mass is 16.5. The summed E-state index contributed by atoms with van der Waals surface area (Å²) in [6, 6.07) is 11.9. The number of carbonyl (C=O) groups excluding carboxylic acids is 1. The minimum Gasteiger partial charge on any atom is -0.469 e. The van der Waals surface area contributed by atoms with Gasteiger partial charge >= 0.3 is 5.97 Å². The second-order valence-corrected chi connectivity index (χ2v) is 5.29. The van der Waals surface area contributed by atoms with Gasteiger partial charge in [0, 0.05) is 18.2 Å². The predicted octanol–water partition coefficient (Wildman–Crippen LogP) is 2.34. The van der Waals surface area contributed by atoms with Crippen LogP contribution in [0.4, 0.5) is 0 Å². The van der Waals surface area contributed by atoms with Gasteiger partial charge in [0.15, 0.2) is 5.76 Å². The highest BCUT2D eigenvalue weighted by molar-refractivity contribution is 5.72. The maximum atomic E-state index is 11.5. The molecule has 0 saturated carbocycles. The topological polar surface area (TPSA) is 55.6 Å². The van der Waals surface area contributed by atoms with Crippen LogP contribution in [-0.4, -0.2) is 36.2 Å². The van der Waals surface area contributed by atoms with Crippen LogP contribution in [0.2, 0.25) is 0 Å². The first-order valence-corrected chi connectivity index (χ1v) is 7.07. The summed E-state index contributed by atoms with van der Waals surface area (Å²) in [5.41, 5.74) is 1.88. The molecule has 0 spiro atoms. The molecule has 3 rings (SSSR count). The number of carbonyl (C=O) groups is 1. The first-order valence-electron chi connectivity index (χ1n) is 7.07. The van der Waals surface area contributed by atoms with Crippen molar-refractivity contribution in [1.29, 1.82) is 0 Å². The lowest BCUT2D eigenvalue weighted by Crippen LogP contribution is -2.23. The molecule has 0 amide bonds. The van der Waals surface area contributed by atoms with Crippen LogP contribution in [0.25, 0.3) is 11.3 Å². The molecule has 1 saturated heterocycles. The number of aromatic nitrogens is 1. The van der Waals surface area contributed by atoms with E-state index in [-0.39, 0.29) is 11.9 Å². The molecule has 1 aliphatic rings. The average Bonchev–Trinajstić information content (AvgIpc) is 3.17. The van der Waals surface area contributed by atoms with Crippen molar-refractivity contribution in [3.05, 3.63) is 42.2 Å². The molecular weight excluding hydrogens is 268 g/mol. The smallest absolute Gasteiger partial charge is 0.310 e. The fraction of sp³-hybridized carbons (Fsp3) is 0.375. The van der Waals surface area contributed by atoms with Gasteiger partial charge in [-0.05, 0) is 13.0 Å². The Morgan fingerprint density at radius 3 is 3.00 bits per heavy atom. The molecular formula is C16H18N2O3. The Morgan fingerprint density at radius 2 is 2.24 bits per heavy atom. The Morgan fingerprint density at radius 1 is 1.43 bits per heavy atom. The minimum atomic E-state index is -0.125. The molecule has 1 fully saturated rings. The summed E-state index contributed by atoms with van der Waals surface area (Å²) in [5, 5.41) is 4.11. The third-order valence-corrected chi connectivity index (χ3v) is 3.81. The van der Waals surface area contributed by atoms with Crippen LogP contribution in [0.5, 0.6) is 0 Å². The van der Waals surface area contributed by atoms with Gasteiger partial charge in [-0.1, -0.05) is 35.5 Å². The maximum absolute atomic E-state index is 11.5. The molecule has 1 aliphatic heterocycles. The number of ether oxygens (including phenoxy) is 1. The molecule has 21 heavy (non-hydrogen) atoms. The number of hydrogen-bond donors (Lipinski definition) is 0. The second kappa shape index (κ2) is 6.10. The lowest BCUT2D eigenvalue weighted by atomic mass is 10.1. The summed E-state index contributed by atoms with van der Waals surface area (Å²) >= 11 is 0. The Balaban J connectivity index is 1.62. The third-order valence-electron chi connectivity index (χ3n) is 3.81. The molecule has 1 aromatic carbocycles. The zero-order chi connectivity index (χ0) is 14.7. The van der Waals surface area contributed by atoms with Crippen molar-refractivity contribution in [1.82, 2.24) is 10.1 Å². The van der Waals surface area contributed by atoms with E-state index >= 15 is 0 Å². The normalized spacial score (nSPS) is 18.8. The van der Waals surface area contributed by atoms with Gasteiger partial charge in [-0.3, -0.25) is 9.69 Å². The van der Waals surface area contributed by atoms with Crippen LogP contribution >= 0.6 is 0 Å². The fourth-order valence-electron chi connectivity index (χ4n) is 2.69. The molecule has 0 bridgehead atoms. The molecule has 2 heterocycles. The Labute approximate surface area is 123 Å². The summed E-state index contributed by atoms with van der Waals surface area (Å²) in [4.78, 5) is 13.7. The molecule has 110 valence electrons. The quantitative estimate of drug-likeness (QED) is 0.807. The molecule has 0 radical (unpaired) electrons. The van der Waals surface area contributed by atoms with Gasteiger partial charge in [0.25, 0.3) is 0 Å². The van der Waals surface area contributed by atoms with E-state index in [4.69, 9.17) is 9.26 Å². The molecule has 1 unspecified atom stereocenters. The Hall–Kier alpha value is -2.14. The third kappa shape index (κ3) is 3.13. The Bertz CT molecular complexity index is 609. The lowest BCUT2D eigenvalue weighted by Gasteiger charge is -2.12. The number of rotatable bonds is 4. The van der Waals surface area contributed by atoms with Gasteiger partial charge < -0.3 is 9.26 Å². The number of benzene rings is 1. The SMILES string of the molecule is COC(=O)C1CCN(Cc2cc(-c3ccccc3)no2)C1. The highest BCUT2D eigenvalue weighted by Gasteiger charge is 2.29. The predicted molar refractivity (Wildman–Crippen MR) is 77.3 cm³/mol.